The maximum Gasteiger partial charge on any atom is 0.274 e. The minimum absolute atomic E-state index is 0.0312. The van der Waals surface area contributed by atoms with E-state index in [0.717, 1.165) is 44.7 Å². The Balaban J connectivity index is 1.49. The molecule has 0 bridgehead atoms. The highest BCUT2D eigenvalue weighted by Gasteiger charge is 2.32. The van der Waals surface area contributed by atoms with Gasteiger partial charge in [0.2, 0.25) is 0 Å². The van der Waals surface area contributed by atoms with Gasteiger partial charge in [-0.2, -0.15) is 5.10 Å². The molecule has 2 aliphatic rings. The van der Waals surface area contributed by atoms with E-state index in [1.165, 1.54) is 0 Å². The number of amides is 1. The van der Waals surface area contributed by atoms with Crippen LogP contribution in [-0.4, -0.2) is 46.8 Å². The maximum absolute atomic E-state index is 12.8. The molecule has 1 N–H and O–H groups in total. The SMILES string of the molecule is O=C(c1ccn(-c2cccc(Cl)c2)n1)N1CC[C@@H]2CNC[C@@H]2CC1. The van der Waals surface area contributed by atoms with Crippen molar-refractivity contribution >= 4 is 17.5 Å². The minimum Gasteiger partial charge on any atom is -0.337 e. The van der Waals surface area contributed by atoms with Gasteiger partial charge in [0.25, 0.3) is 5.91 Å². The van der Waals surface area contributed by atoms with Crippen molar-refractivity contribution in [2.75, 3.05) is 26.2 Å². The van der Waals surface area contributed by atoms with Crippen LogP contribution in [0, 0.1) is 11.8 Å². The molecule has 2 aliphatic heterocycles. The minimum atomic E-state index is 0.0312. The predicted molar refractivity (Wildman–Crippen MR) is 93.6 cm³/mol. The molecule has 0 unspecified atom stereocenters. The van der Waals surface area contributed by atoms with E-state index < -0.39 is 0 Å². The van der Waals surface area contributed by atoms with E-state index in [9.17, 15) is 4.79 Å². The molecule has 4 rings (SSSR count). The fourth-order valence-corrected chi connectivity index (χ4v) is 3.97. The Morgan fingerprint density at radius 3 is 2.62 bits per heavy atom. The summed E-state index contributed by atoms with van der Waals surface area (Å²) in [5.41, 5.74) is 1.36. The molecule has 5 nitrogen and oxygen atoms in total. The summed E-state index contributed by atoms with van der Waals surface area (Å²) in [7, 11) is 0. The molecule has 0 aliphatic carbocycles. The zero-order valence-electron chi connectivity index (χ0n) is 13.5. The molecule has 24 heavy (non-hydrogen) atoms. The van der Waals surface area contributed by atoms with Crippen LogP contribution in [0.1, 0.15) is 23.3 Å². The molecule has 1 amide bonds. The van der Waals surface area contributed by atoms with Crippen molar-refractivity contribution in [1.29, 1.82) is 0 Å². The Morgan fingerprint density at radius 1 is 1.17 bits per heavy atom. The summed E-state index contributed by atoms with van der Waals surface area (Å²) in [5, 5.41) is 8.57. The van der Waals surface area contributed by atoms with Gasteiger partial charge in [-0.15, -0.1) is 0 Å². The molecule has 2 aromatic rings. The Kier molecular flexibility index (Phi) is 4.29. The van der Waals surface area contributed by atoms with Gasteiger partial charge in [0, 0.05) is 24.3 Å². The zero-order valence-corrected chi connectivity index (χ0v) is 14.2. The lowest BCUT2D eigenvalue weighted by atomic mass is 9.92. The van der Waals surface area contributed by atoms with E-state index in [2.05, 4.69) is 10.4 Å². The first-order chi connectivity index (χ1) is 11.7. The molecule has 6 heteroatoms. The molecule has 0 radical (unpaired) electrons. The molecule has 1 aromatic heterocycles. The Hall–Kier alpha value is -1.85. The third-order valence-corrected chi connectivity index (χ3v) is 5.42. The third-order valence-electron chi connectivity index (χ3n) is 5.19. The molecular weight excluding hydrogens is 324 g/mol. The van der Waals surface area contributed by atoms with Crippen molar-refractivity contribution in [3.8, 4) is 5.69 Å². The van der Waals surface area contributed by atoms with Crippen LogP contribution >= 0.6 is 11.6 Å². The number of benzene rings is 1. The van der Waals surface area contributed by atoms with E-state index in [-0.39, 0.29) is 5.91 Å². The number of fused-ring (bicyclic) bond motifs is 1. The monoisotopic (exact) mass is 344 g/mol. The highest BCUT2D eigenvalue weighted by molar-refractivity contribution is 6.30. The van der Waals surface area contributed by atoms with Crippen LogP contribution in [0.3, 0.4) is 0 Å². The van der Waals surface area contributed by atoms with Gasteiger partial charge < -0.3 is 10.2 Å². The highest BCUT2D eigenvalue weighted by Crippen LogP contribution is 2.27. The molecule has 2 atom stereocenters. The zero-order chi connectivity index (χ0) is 16.5. The number of nitrogens with zero attached hydrogens (tertiary/aromatic N) is 3. The van der Waals surface area contributed by atoms with Crippen molar-refractivity contribution in [3.05, 3.63) is 47.2 Å². The van der Waals surface area contributed by atoms with E-state index in [4.69, 9.17) is 11.6 Å². The Labute approximate surface area is 146 Å². The average molecular weight is 345 g/mol. The lowest BCUT2D eigenvalue weighted by Crippen LogP contribution is -2.33. The number of aromatic nitrogens is 2. The van der Waals surface area contributed by atoms with Gasteiger partial charge in [-0.1, -0.05) is 17.7 Å². The van der Waals surface area contributed by atoms with Crippen molar-refractivity contribution in [3.63, 3.8) is 0 Å². The summed E-state index contributed by atoms with van der Waals surface area (Å²) in [6, 6.07) is 9.25. The predicted octanol–water partition coefficient (Wildman–Crippen LogP) is 2.60. The second-order valence-corrected chi connectivity index (χ2v) is 7.11. The van der Waals surface area contributed by atoms with Crippen LogP contribution in [0.2, 0.25) is 5.02 Å². The van der Waals surface area contributed by atoms with Crippen LogP contribution in [0.15, 0.2) is 36.5 Å². The lowest BCUT2D eigenvalue weighted by Gasteiger charge is -2.19. The van der Waals surface area contributed by atoms with Crippen LogP contribution in [-0.2, 0) is 0 Å². The number of likely N-dealkylation sites (tertiary alicyclic amines) is 1. The van der Waals surface area contributed by atoms with E-state index >= 15 is 0 Å². The normalized spacial score (nSPS) is 23.8. The largest absolute Gasteiger partial charge is 0.337 e. The van der Waals surface area contributed by atoms with Gasteiger partial charge in [-0.05, 0) is 62.0 Å². The Morgan fingerprint density at radius 2 is 1.92 bits per heavy atom. The van der Waals surface area contributed by atoms with Crippen molar-refractivity contribution in [2.24, 2.45) is 11.8 Å². The van der Waals surface area contributed by atoms with Crippen LogP contribution in [0.5, 0.6) is 0 Å². The molecular formula is C18H21ClN4O. The lowest BCUT2D eigenvalue weighted by molar-refractivity contribution is 0.0752. The van der Waals surface area contributed by atoms with Crippen LogP contribution in [0.4, 0.5) is 0 Å². The number of halogens is 1. The van der Waals surface area contributed by atoms with E-state index in [1.807, 2.05) is 35.4 Å². The molecule has 2 saturated heterocycles. The van der Waals surface area contributed by atoms with Crippen molar-refractivity contribution in [2.45, 2.75) is 12.8 Å². The first kappa shape index (κ1) is 15.7. The second kappa shape index (κ2) is 6.57. The second-order valence-electron chi connectivity index (χ2n) is 6.67. The first-order valence-corrected chi connectivity index (χ1v) is 8.90. The van der Waals surface area contributed by atoms with Crippen LogP contribution in [0.25, 0.3) is 5.69 Å². The quantitative estimate of drug-likeness (QED) is 0.911. The standard InChI is InChI=1S/C18H21ClN4O/c19-15-2-1-3-16(10-15)23-9-6-17(21-23)18(24)22-7-4-13-11-20-12-14(13)5-8-22/h1-3,6,9-10,13-14,20H,4-5,7-8,11-12H2/t13-,14+. The van der Waals surface area contributed by atoms with Gasteiger partial charge in [0.15, 0.2) is 5.69 Å². The average Bonchev–Trinajstić information content (AvgIpc) is 3.20. The molecule has 2 fully saturated rings. The summed E-state index contributed by atoms with van der Waals surface area (Å²) < 4.78 is 1.70. The molecule has 1 aromatic carbocycles. The summed E-state index contributed by atoms with van der Waals surface area (Å²) in [6.07, 6.45) is 3.98. The van der Waals surface area contributed by atoms with Gasteiger partial charge in [-0.25, -0.2) is 4.68 Å². The summed E-state index contributed by atoms with van der Waals surface area (Å²) >= 11 is 6.03. The number of hydrogen-bond acceptors (Lipinski definition) is 3. The van der Waals surface area contributed by atoms with Crippen molar-refractivity contribution in [1.82, 2.24) is 20.0 Å². The Bertz CT molecular complexity index is 730. The number of rotatable bonds is 2. The van der Waals surface area contributed by atoms with E-state index in [1.54, 1.807) is 10.7 Å². The topological polar surface area (TPSA) is 50.2 Å². The van der Waals surface area contributed by atoms with Gasteiger partial charge in [0.05, 0.1) is 5.69 Å². The summed E-state index contributed by atoms with van der Waals surface area (Å²) in [5.74, 6) is 1.46. The number of hydrogen-bond donors (Lipinski definition) is 1. The highest BCUT2D eigenvalue weighted by atomic mass is 35.5. The smallest absolute Gasteiger partial charge is 0.274 e. The van der Waals surface area contributed by atoms with Crippen molar-refractivity contribution < 1.29 is 4.79 Å². The maximum atomic E-state index is 12.8. The summed E-state index contributed by atoms with van der Waals surface area (Å²) in [4.78, 5) is 14.8. The molecule has 0 spiro atoms. The van der Waals surface area contributed by atoms with Gasteiger partial charge in [0.1, 0.15) is 0 Å². The fourth-order valence-electron chi connectivity index (χ4n) is 3.78. The molecule has 0 saturated carbocycles. The third kappa shape index (κ3) is 3.06. The number of carbonyl (C=O) groups excluding carboxylic acids is 1. The summed E-state index contributed by atoms with van der Waals surface area (Å²) in [6.45, 7) is 3.84. The number of carbonyl (C=O) groups is 1. The first-order valence-electron chi connectivity index (χ1n) is 8.52. The molecule has 126 valence electrons. The van der Waals surface area contributed by atoms with Gasteiger partial charge in [-0.3, -0.25) is 4.79 Å². The van der Waals surface area contributed by atoms with Gasteiger partial charge >= 0.3 is 0 Å². The fraction of sp³-hybridized carbons (Fsp3) is 0.444. The number of nitrogens with one attached hydrogen (secondary N) is 1. The molecule has 3 heterocycles. The van der Waals surface area contributed by atoms with E-state index in [0.29, 0.717) is 22.6 Å². The van der Waals surface area contributed by atoms with Crippen LogP contribution < -0.4 is 5.32 Å².